The number of rotatable bonds is 5. The quantitative estimate of drug-likeness (QED) is 0.901. The molecule has 0 aliphatic rings. The summed E-state index contributed by atoms with van der Waals surface area (Å²) in [5.41, 5.74) is 0.978. The van der Waals surface area contributed by atoms with Crippen molar-refractivity contribution in [1.29, 1.82) is 0 Å². The Hall–Kier alpha value is -3.09. The third kappa shape index (κ3) is 4.94. The molecule has 25 heavy (non-hydrogen) atoms. The first-order valence-corrected chi connectivity index (χ1v) is 7.55. The maximum atomic E-state index is 13.1. The highest BCUT2D eigenvalue weighted by molar-refractivity contribution is 5.94. The van der Waals surface area contributed by atoms with Gasteiger partial charge < -0.3 is 14.8 Å². The Kier molecular flexibility index (Phi) is 5.94. The van der Waals surface area contributed by atoms with Gasteiger partial charge in [-0.2, -0.15) is 0 Å². The van der Waals surface area contributed by atoms with E-state index in [-0.39, 0.29) is 0 Å². The topological polar surface area (TPSA) is 67.9 Å². The fourth-order valence-electron chi connectivity index (χ4n) is 2.06. The van der Waals surface area contributed by atoms with Crippen LogP contribution in [-0.2, 0) is 9.53 Å². The van der Waals surface area contributed by atoms with E-state index in [1.54, 1.807) is 44.3 Å². The van der Waals surface area contributed by atoms with Gasteiger partial charge in [-0.1, -0.05) is 6.07 Å². The zero-order chi connectivity index (χ0) is 18.4. The molecular weight excluding hydrogens is 327 g/mol. The van der Waals surface area contributed by atoms with Crippen LogP contribution in [0.3, 0.4) is 0 Å². The second kappa shape index (κ2) is 8.14. The summed E-state index contributed by atoms with van der Waals surface area (Å²) in [6, 6.07) is 12.2. The van der Waals surface area contributed by atoms with Crippen molar-refractivity contribution in [1.82, 2.24) is 0 Å². The SMILES string of the molecule is COC(=O)N(C)c1ccc(O[C@H](C)C(=O)Nc2cccc(F)c2)cc1. The number of carbonyl (C=O) groups is 2. The standard InChI is InChI=1S/C18H19FN2O4/c1-12(17(22)20-14-6-4-5-13(19)11-14)25-16-9-7-15(8-10-16)21(2)18(23)24-3/h4-12H,1-3H3,(H,20,22)/t12-/m1/s1. The van der Waals surface area contributed by atoms with E-state index in [2.05, 4.69) is 10.1 Å². The molecule has 6 nitrogen and oxygen atoms in total. The molecule has 0 aliphatic carbocycles. The molecule has 0 aromatic heterocycles. The summed E-state index contributed by atoms with van der Waals surface area (Å²) in [6.45, 7) is 1.59. The van der Waals surface area contributed by atoms with Crippen LogP contribution in [0.25, 0.3) is 0 Å². The van der Waals surface area contributed by atoms with Crippen molar-refractivity contribution < 1.29 is 23.5 Å². The van der Waals surface area contributed by atoms with E-state index in [9.17, 15) is 14.0 Å². The van der Waals surface area contributed by atoms with Crippen LogP contribution in [-0.4, -0.2) is 32.3 Å². The molecule has 0 saturated heterocycles. The summed E-state index contributed by atoms with van der Waals surface area (Å²) in [5.74, 6) is -0.373. The second-order valence-electron chi connectivity index (χ2n) is 5.28. The summed E-state index contributed by atoms with van der Waals surface area (Å²) in [5, 5.41) is 2.58. The molecular formula is C18H19FN2O4. The van der Waals surface area contributed by atoms with E-state index in [4.69, 9.17) is 4.74 Å². The van der Waals surface area contributed by atoms with Crippen molar-refractivity contribution in [3.05, 3.63) is 54.3 Å². The molecule has 0 fully saturated rings. The van der Waals surface area contributed by atoms with Crippen LogP contribution in [0.1, 0.15) is 6.92 Å². The van der Waals surface area contributed by atoms with Crippen LogP contribution >= 0.6 is 0 Å². The number of nitrogens with one attached hydrogen (secondary N) is 1. The molecule has 1 atom stereocenters. The summed E-state index contributed by atoms with van der Waals surface area (Å²) in [6.07, 6.45) is -1.27. The Labute approximate surface area is 145 Å². The number of methoxy groups -OCH3 is 1. The summed E-state index contributed by atoms with van der Waals surface area (Å²) in [7, 11) is 2.88. The number of hydrogen-bond donors (Lipinski definition) is 1. The summed E-state index contributed by atoms with van der Waals surface area (Å²) in [4.78, 5) is 24.9. The van der Waals surface area contributed by atoms with Gasteiger partial charge in [0, 0.05) is 18.4 Å². The molecule has 2 rings (SSSR count). The van der Waals surface area contributed by atoms with Gasteiger partial charge in [-0.15, -0.1) is 0 Å². The number of halogens is 1. The lowest BCUT2D eigenvalue weighted by atomic mass is 10.2. The summed E-state index contributed by atoms with van der Waals surface area (Å²) < 4.78 is 23.3. The van der Waals surface area contributed by atoms with Gasteiger partial charge in [0.25, 0.3) is 5.91 Å². The van der Waals surface area contributed by atoms with Gasteiger partial charge in [-0.25, -0.2) is 9.18 Å². The second-order valence-corrected chi connectivity index (χ2v) is 5.28. The monoisotopic (exact) mass is 346 g/mol. The van der Waals surface area contributed by atoms with Crippen molar-refractivity contribution in [2.45, 2.75) is 13.0 Å². The van der Waals surface area contributed by atoms with E-state index in [1.165, 1.54) is 30.2 Å². The number of anilines is 2. The fraction of sp³-hybridized carbons (Fsp3) is 0.222. The molecule has 0 radical (unpaired) electrons. The van der Waals surface area contributed by atoms with Crippen LogP contribution < -0.4 is 15.0 Å². The molecule has 132 valence electrons. The Morgan fingerprint density at radius 2 is 1.84 bits per heavy atom. The first kappa shape index (κ1) is 18.3. The van der Waals surface area contributed by atoms with Crippen LogP contribution in [0.4, 0.5) is 20.6 Å². The predicted octanol–water partition coefficient (Wildman–Crippen LogP) is 3.43. The molecule has 0 saturated carbocycles. The molecule has 0 heterocycles. The lowest BCUT2D eigenvalue weighted by Gasteiger charge is -2.17. The van der Waals surface area contributed by atoms with Gasteiger partial charge >= 0.3 is 6.09 Å². The lowest BCUT2D eigenvalue weighted by Crippen LogP contribution is -2.30. The Balaban J connectivity index is 1.96. The van der Waals surface area contributed by atoms with Crippen molar-refractivity contribution in [2.24, 2.45) is 0 Å². The summed E-state index contributed by atoms with van der Waals surface area (Å²) >= 11 is 0. The molecule has 0 aliphatic heterocycles. The highest BCUT2D eigenvalue weighted by Crippen LogP contribution is 2.20. The Morgan fingerprint density at radius 3 is 2.44 bits per heavy atom. The van der Waals surface area contributed by atoms with E-state index in [0.29, 0.717) is 17.1 Å². The van der Waals surface area contributed by atoms with Crippen LogP contribution in [0, 0.1) is 5.82 Å². The van der Waals surface area contributed by atoms with Gasteiger partial charge in [0.2, 0.25) is 0 Å². The third-order valence-electron chi connectivity index (χ3n) is 3.45. The minimum atomic E-state index is -0.785. The van der Waals surface area contributed by atoms with Gasteiger partial charge in [0.1, 0.15) is 11.6 Å². The average molecular weight is 346 g/mol. The maximum absolute atomic E-state index is 13.1. The zero-order valence-electron chi connectivity index (χ0n) is 14.2. The number of carbonyl (C=O) groups excluding carboxylic acids is 2. The minimum Gasteiger partial charge on any atom is -0.481 e. The zero-order valence-corrected chi connectivity index (χ0v) is 14.2. The van der Waals surface area contributed by atoms with Gasteiger partial charge in [0.05, 0.1) is 7.11 Å². The van der Waals surface area contributed by atoms with Crippen LogP contribution in [0.15, 0.2) is 48.5 Å². The average Bonchev–Trinajstić information content (AvgIpc) is 2.61. The third-order valence-corrected chi connectivity index (χ3v) is 3.45. The number of hydrogen-bond acceptors (Lipinski definition) is 4. The lowest BCUT2D eigenvalue weighted by molar-refractivity contribution is -0.122. The highest BCUT2D eigenvalue weighted by atomic mass is 19.1. The van der Waals surface area contributed by atoms with Crippen molar-refractivity contribution in [2.75, 3.05) is 24.4 Å². The van der Waals surface area contributed by atoms with Gasteiger partial charge in [0.15, 0.2) is 6.10 Å². The Morgan fingerprint density at radius 1 is 1.16 bits per heavy atom. The maximum Gasteiger partial charge on any atom is 0.413 e. The number of benzene rings is 2. The van der Waals surface area contributed by atoms with Crippen LogP contribution in [0.5, 0.6) is 5.75 Å². The van der Waals surface area contributed by atoms with E-state index in [0.717, 1.165) is 0 Å². The van der Waals surface area contributed by atoms with Crippen LogP contribution in [0.2, 0.25) is 0 Å². The molecule has 2 aromatic rings. The predicted molar refractivity (Wildman–Crippen MR) is 92.4 cm³/mol. The van der Waals surface area contributed by atoms with Crippen molar-refractivity contribution >= 4 is 23.4 Å². The highest BCUT2D eigenvalue weighted by Gasteiger charge is 2.16. The largest absolute Gasteiger partial charge is 0.481 e. The van der Waals surface area contributed by atoms with Gasteiger partial charge in [-0.3, -0.25) is 9.69 Å². The first-order chi connectivity index (χ1) is 11.9. The number of nitrogens with zero attached hydrogens (tertiary/aromatic N) is 1. The fourth-order valence-corrected chi connectivity index (χ4v) is 2.06. The number of ether oxygens (including phenoxy) is 2. The Bertz CT molecular complexity index is 749. The van der Waals surface area contributed by atoms with E-state index >= 15 is 0 Å². The molecule has 2 amide bonds. The minimum absolute atomic E-state index is 0.357. The smallest absolute Gasteiger partial charge is 0.413 e. The number of amides is 2. The molecule has 0 unspecified atom stereocenters. The molecule has 1 N–H and O–H groups in total. The van der Waals surface area contributed by atoms with E-state index < -0.39 is 23.9 Å². The van der Waals surface area contributed by atoms with Gasteiger partial charge in [-0.05, 0) is 49.4 Å². The first-order valence-electron chi connectivity index (χ1n) is 7.55. The normalized spacial score (nSPS) is 11.4. The molecule has 2 aromatic carbocycles. The van der Waals surface area contributed by atoms with E-state index in [1.807, 2.05) is 0 Å². The molecule has 0 bridgehead atoms. The molecule has 7 heteroatoms. The molecule has 0 spiro atoms. The van der Waals surface area contributed by atoms with Crippen molar-refractivity contribution in [3.63, 3.8) is 0 Å². The van der Waals surface area contributed by atoms with Crippen molar-refractivity contribution in [3.8, 4) is 5.75 Å².